The van der Waals surface area contributed by atoms with Crippen LogP contribution in [-0.4, -0.2) is 6.22 Å². The van der Waals surface area contributed by atoms with Gasteiger partial charge in [-0.2, -0.15) is 0 Å². The van der Waals surface area contributed by atoms with Gasteiger partial charge >= 0.3 is 180 Å². The minimum atomic E-state index is -3.41. The van der Waals surface area contributed by atoms with E-state index in [-0.39, 0.29) is 0 Å². The van der Waals surface area contributed by atoms with Crippen LogP contribution in [0.3, 0.4) is 0 Å². The Hall–Kier alpha value is -0.993. The molecule has 152 valence electrons. The van der Waals surface area contributed by atoms with Crippen molar-refractivity contribution in [1.29, 1.82) is 0 Å². The van der Waals surface area contributed by atoms with Gasteiger partial charge in [-0.15, -0.1) is 0 Å². The fraction of sp³-hybridized carbons (Fsp3) is 0.407. The summed E-state index contributed by atoms with van der Waals surface area (Å²) < 4.78 is 7.04. The van der Waals surface area contributed by atoms with Crippen LogP contribution in [0.25, 0.3) is 12.2 Å². The molecule has 0 nitrogen and oxygen atoms in total. The number of benzene rings is 2. The van der Waals surface area contributed by atoms with Gasteiger partial charge in [-0.05, 0) is 0 Å². The van der Waals surface area contributed by atoms with Gasteiger partial charge in [-0.1, -0.05) is 0 Å². The predicted molar refractivity (Wildman–Crippen MR) is 129 cm³/mol. The molecule has 29 heavy (non-hydrogen) atoms. The normalized spacial score (nSPS) is 20.1. The molecule has 0 saturated heterocycles. The molecule has 2 aliphatic rings. The summed E-state index contributed by atoms with van der Waals surface area (Å²) in [6, 6.07) is 10.8. The number of hydrogen-bond acceptors (Lipinski definition) is 0. The van der Waals surface area contributed by atoms with Crippen molar-refractivity contribution in [3.05, 3.63) is 80.9 Å². The topological polar surface area (TPSA) is 0 Å². The van der Waals surface area contributed by atoms with Gasteiger partial charge in [-0.25, -0.2) is 0 Å². The number of allylic oxidation sites excluding steroid dienone is 2. The molecular formula is C27H36HfSi. The molecule has 2 aromatic rings. The van der Waals surface area contributed by atoms with Crippen LogP contribution < -0.4 is 0 Å². The van der Waals surface area contributed by atoms with Gasteiger partial charge in [0.15, 0.2) is 0 Å². The van der Waals surface area contributed by atoms with Crippen molar-refractivity contribution in [2.45, 2.75) is 63.8 Å². The van der Waals surface area contributed by atoms with Crippen molar-refractivity contribution in [2.24, 2.45) is 0 Å². The maximum absolute atomic E-state index is 3.41. The zero-order valence-corrected chi connectivity index (χ0v) is 24.0. The van der Waals surface area contributed by atoms with E-state index in [1.807, 2.05) is 0 Å². The SMILES string of the molecule is CCC[SiH]=[Hf]([CH3])([CH3])([CH]1C=Cc2c(C)ccc(C)c21)[CH]1C=Cc2c(C)ccc(C)c21. The van der Waals surface area contributed by atoms with Crippen LogP contribution in [0.15, 0.2) is 36.4 Å². The number of fused-ring (bicyclic) bond motifs is 2. The van der Waals surface area contributed by atoms with Crippen LogP contribution in [0, 0.1) is 27.7 Å². The first kappa shape index (κ1) is 21.2. The summed E-state index contributed by atoms with van der Waals surface area (Å²) in [5.74, 6) is 0. The minimum absolute atomic E-state index is 0.490. The first-order chi connectivity index (χ1) is 13.7. The predicted octanol–water partition coefficient (Wildman–Crippen LogP) is 7.72. The quantitative estimate of drug-likeness (QED) is 0.332. The Kier molecular flexibility index (Phi) is 5.35. The Morgan fingerprint density at radius 3 is 1.55 bits per heavy atom. The number of rotatable bonds is 4. The Morgan fingerprint density at radius 1 is 0.724 bits per heavy atom. The van der Waals surface area contributed by atoms with Crippen molar-refractivity contribution in [3.8, 4) is 0 Å². The summed E-state index contributed by atoms with van der Waals surface area (Å²) in [6.07, 6.45) is 12.0. The molecule has 0 radical (unpaired) electrons. The van der Waals surface area contributed by atoms with Crippen LogP contribution >= 0.6 is 0 Å². The fourth-order valence-electron chi connectivity index (χ4n) is 6.12. The van der Waals surface area contributed by atoms with E-state index in [4.69, 9.17) is 0 Å². The van der Waals surface area contributed by atoms with Gasteiger partial charge in [0.1, 0.15) is 0 Å². The zero-order valence-electron chi connectivity index (χ0n) is 19.3. The summed E-state index contributed by atoms with van der Waals surface area (Å²) in [4.78, 5) is 0. The summed E-state index contributed by atoms with van der Waals surface area (Å²) in [5, 5.41) is 0. The third kappa shape index (κ3) is 3.17. The molecule has 4 rings (SSSR count). The number of aryl methyl sites for hydroxylation is 4. The Labute approximate surface area is 179 Å². The van der Waals surface area contributed by atoms with E-state index >= 15 is 0 Å². The van der Waals surface area contributed by atoms with Gasteiger partial charge in [0, 0.05) is 0 Å². The summed E-state index contributed by atoms with van der Waals surface area (Å²) in [5.41, 5.74) is 12.3. The molecule has 0 saturated carbocycles. The van der Waals surface area contributed by atoms with E-state index in [9.17, 15) is 0 Å². The van der Waals surface area contributed by atoms with Gasteiger partial charge in [-0.3, -0.25) is 0 Å². The molecular weight excluding hydrogens is 531 g/mol. The molecule has 0 amide bonds. The molecule has 0 fully saturated rings. The summed E-state index contributed by atoms with van der Waals surface area (Å²) in [7, 11) is 0. The molecule has 0 aromatic heterocycles. The van der Waals surface area contributed by atoms with Gasteiger partial charge in [0.05, 0.1) is 0 Å². The maximum atomic E-state index is 2.83. The summed E-state index contributed by atoms with van der Waals surface area (Å²) in [6.45, 7) is 11.7. The molecule has 2 heteroatoms. The van der Waals surface area contributed by atoms with Crippen molar-refractivity contribution >= 4 is 18.4 Å². The Balaban J connectivity index is 2.00. The molecule has 2 aliphatic carbocycles. The molecule has 0 bridgehead atoms. The second-order valence-corrected chi connectivity index (χ2v) is 54.8. The van der Waals surface area contributed by atoms with Gasteiger partial charge in [0.2, 0.25) is 0 Å². The van der Waals surface area contributed by atoms with Gasteiger partial charge < -0.3 is 0 Å². The molecule has 0 spiro atoms. The van der Waals surface area contributed by atoms with Crippen LogP contribution in [0.1, 0.15) is 65.2 Å². The first-order valence-electron chi connectivity index (χ1n) is 11.3. The fourth-order valence-corrected chi connectivity index (χ4v) is 46.5. The van der Waals surface area contributed by atoms with E-state index in [1.165, 1.54) is 45.8 Å². The average molecular weight is 567 g/mol. The second kappa shape index (κ2) is 7.30. The van der Waals surface area contributed by atoms with E-state index in [0.717, 1.165) is 0 Å². The van der Waals surface area contributed by atoms with Crippen molar-refractivity contribution in [1.82, 2.24) is 0 Å². The third-order valence-corrected chi connectivity index (χ3v) is 50.6. The van der Waals surface area contributed by atoms with Crippen molar-refractivity contribution < 1.29 is 17.1 Å². The average Bonchev–Trinajstić information content (AvgIpc) is 3.34. The van der Waals surface area contributed by atoms with E-state index in [0.29, 0.717) is 13.6 Å². The van der Waals surface area contributed by atoms with E-state index in [2.05, 4.69) is 92.5 Å². The van der Waals surface area contributed by atoms with E-state index < -0.39 is 17.1 Å². The molecule has 2 unspecified atom stereocenters. The Morgan fingerprint density at radius 2 is 1.14 bits per heavy atom. The van der Waals surface area contributed by atoms with Crippen LogP contribution in [0.2, 0.25) is 15.4 Å². The van der Waals surface area contributed by atoms with Crippen LogP contribution in [-0.2, 0) is 17.1 Å². The molecule has 2 atom stereocenters. The zero-order chi connectivity index (χ0) is 21.0. The molecule has 2 aromatic carbocycles. The van der Waals surface area contributed by atoms with Crippen molar-refractivity contribution in [3.63, 3.8) is 0 Å². The molecule has 0 aliphatic heterocycles. The van der Waals surface area contributed by atoms with Crippen LogP contribution in [0.5, 0.6) is 0 Å². The summed E-state index contributed by atoms with van der Waals surface area (Å²) >= 11 is -3.41. The van der Waals surface area contributed by atoms with Gasteiger partial charge in [0.25, 0.3) is 0 Å². The first-order valence-corrected chi connectivity index (χ1v) is 30.2. The molecule has 0 N–H and O–H groups in total. The molecule has 0 heterocycles. The van der Waals surface area contributed by atoms with Crippen LogP contribution in [0.4, 0.5) is 0 Å². The van der Waals surface area contributed by atoms with Crippen molar-refractivity contribution in [2.75, 3.05) is 0 Å². The number of hydrogen-bond donors (Lipinski definition) is 0. The van der Waals surface area contributed by atoms with E-state index in [1.54, 1.807) is 11.1 Å². The monoisotopic (exact) mass is 568 g/mol. The standard InChI is InChI=1S/2C11H11.C3H8Si.2CH3.Hf/c2*1-8-6-7-9(2)11-5-3-4-10(8)11;1-2-3-4;;;/h2*3-7H,1-2H3;4H,2-3H2,1H3;2*1H3;. The second-order valence-electron chi connectivity index (χ2n) is 10.5. The third-order valence-electron chi connectivity index (χ3n) is 8.02. The Bertz CT molecular complexity index is 1040.